The van der Waals surface area contributed by atoms with Crippen molar-refractivity contribution in [2.24, 2.45) is 0 Å². The van der Waals surface area contributed by atoms with Gasteiger partial charge in [-0.05, 0) is 42.8 Å². The van der Waals surface area contributed by atoms with Crippen molar-refractivity contribution in [1.29, 1.82) is 0 Å². The molecule has 9 heteroatoms. The zero-order chi connectivity index (χ0) is 23.1. The Morgan fingerprint density at radius 2 is 1.91 bits per heavy atom. The van der Waals surface area contributed by atoms with E-state index in [0.29, 0.717) is 16.4 Å². The van der Waals surface area contributed by atoms with Crippen LogP contribution in [-0.4, -0.2) is 16.9 Å². The number of hydrogen-bond acceptors (Lipinski definition) is 5. The number of nitrogens with zero attached hydrogens (tertiary/aromatic N) is 1. The fourth-order valence-electron chi connectivity index (χ4n) is 2.65. The molecular formula is C23H19F3N2O3S. The molecular weight excluding hydrogens is 441 g/mol. The molecule has 1 N–H and O–H groups in total. The molecule has 0 spiro atoms. The maximum atomic E-state index is 12.7. The molecule has 0 aliphatic carbocycles. The van der Waals surface area contributed by atoms with Crippen LogP contribution in [-0.2, 0) is 33.5 Å². The van der Waals surface area contributed by atoms with Gasteiger partial charge in [0.15, 0.2) is 0 Å². The van der Waals surface area contributed by atoms with E-state index in [1.165, 1.54) is 29.5 Å². The highest BCUT2D eigenvalue weighted by Crippen LogP contribution is 2.29. The van der Waals surface area contributed by atoms with E-state index in [0.717, 1.165) is 23.8 Å². The van der Waals surface area contributed by atoms with Crippen LogP contribution in [0.4, 0.5) is 18.9 Å². The predicted molar refractivity (Wildman–Crippen MR) is 116 cm³/mol. The summed E-state index contributed by atoms with van der Waals surface area (Å²) < 4.78 is 43.3. The average Bonchev–Trinajstić information content (AvgIpc) is 3.19. The Labute approximate surface area is 186 Å². The van der Waals surface area contributed by atoms with Crippen LogP contribution in [0.2, 0.25) is 0 Å². The van der Waals surface area contributed by atoms with Gasteiger partial charge in [0.25, 0.3) is 0 Å². The summed E-state index contributed by atoms with van der Waals surface area (Å²) in [4.78, 5) is 28.3. The molecule has 0 radical (unpaired) electrons. The molecule has 32 heavy (non-hydrogen) atoms. The SMILES string of the molecule is Cc1ccc(NC(=O)Cc2nc(COC(=O)/C=C/c3cccc(C(F)(F)F)c3)cs2)cc1. The van der Waals surface area contributed by atoms with E-state index in [-0.39, 0.29) is 24.5 Å². The highest BCUT2D eigenvalue weighted by molar-refractivity contribution is 7.09. The van der Waals surface area contributed by atoms with Crippen LogP contribution in [0.15, 0.2) is 60.0 Å². The lowest BCUT2D eigenvalue weighted by atomic mass is 10.1. The zero-order valence-electron chi connectivity index (χ0n) is 17.0. The van der Waals surface area contributed by atoms with Crippen LogP contribution < -0.4 is 5.32 Å². The number of benzene rings is 2. The number of aryl methyl sites for hydroxylation is 1. The first-order valence-electron chi connectivity index (χ1n) is 9.51. The topological polar surface area (TPSA) is 68.3 Å². The average molecular weight is 460 g/mol. The third kappa shape index (κ3) is 7.05. The van der Waals surface area contributed by atoms with Crippen molar-refractivity contribution in [1.82, 2.24) is 4.98 Å². The summed E-state index contributed by atoms with van der Waals surface area (Å²) in [5, 5.41) is 5.03. The first-order valence-corrected chi connectivity index (χ1v) is 10.4. The lowest BCUT2D eigenvalue weighted by Gasteiger charge is -2.06. The van der Waals surface area contributed by atoms with Crippen molar-refractivity contribution in [2.75, 3.05) is 5.32 Å². The summed E-state index contributed by atoms with van der Waals surface area (Å²) in [6.07, 6.45) is -2.07. The molecule has 0 saturated heterocycles. The molecule has 1 heterocycles. The summed E-state index contributed by atoms with van der Waals surface area (Å²) in [5.41, 5.74) is 1.70. The normalized spacial score (nSPS) is 11.5. The minimum atomic E-state index is -4.45. The highest BCUT2D eigenvalue weighted by atomic mass is 32.1. The molecule has 166 valence electrons. The number of aromatic nitrogens is 1. The van der Waals surface area contributed by atoms with Gasteiger partial charge in [0.2, 0.25) is 5.91 Å². The Morgan fingerprint density at radius 3 is 2.62 bits per heavy atom. The molecule has 1 aromatic heterocycles. The summed E-state index contributed by atoms with van der Waals surface area (Å²) in [5.74, 6) is -0.926. The van der Waals surface area contributed by atoms with Crippen LogP contribution in [0.1, 0.15) is 27.4 Å². The maximum absolute atomic E-state index is 12.7. The van der Waals surface area contributed by atoms with Crippen molar-refractivity contribution < 1.29 is 27.5 Å². The third-order valence-corrected chi connectivity index (χ3v) is 5.13. The van der Waals surface area contributed by atoms with Gasteiger partial charge in [0.1, 0.15) is 11.6 Å². The number of ether oxygens (including phenoxy) is 1. The minimum absolute atomic E-state index is 0.0853. The lowest BCUT2D eigenvalue weighted by molar-refractivity contribution is -0.139. The van der Waals surface area contributed by atoms with Gasteiger partial charge < -0.3 is 10.1 Å². The van der Waals surface area contributed by atoms with E-state index in [9.17, 15) is 22.8 Å². The van der Waals surface area contributed by atoms with E-state index >= 15 is 0 Å². The molecule has 5 nitrogen and oxygen atoms in total. The Hall–Kier alpha value is -3.46. The quantitative estimate of drug-likeness (QED) is 0.378. The number of amides is 1. The van der Waals surface area contributed by atoms with E-state index in [1.54, 1.807) is 5.38 Å². The molecule has 1 amide bonds. The lowest BCUT2D eigenvalue weighted by Crippen LogP contribution is -2.14. The van der Waals surface area contributed by atoms with Gasteiger partial charge in [-0.2, -0.15) is 13.2 Å². The summed E-state index contributed by atoms with van der Waals surface area (Å²) >= 11 is 1.27. The number of anilines is 1. The van der Waals surface area contributed by atoms with Crippen molar-refractivity contribution >= 4 is 35.0 Å². The number of carbonyl (C=O) groups excluding carboxylic acids is 2. The monoisotopic (exact) mass is 460 g/mol. The molecule has 0 saturated carbocycles. The summed E-state index contributed by atoms with van der Waals surface area (Å²) in [6.45, 7) is 1.85. The molecule has 0 bridgehead atoms. The third-order valence-electron chi connectivity index (χ3n) is 4.23. The largest absolute Gasteiger partial charge is 0.456 e. The number of esters is 1. The number of nitrogens with one attached hydrogen (secondary N) is 1. The van der Waals surface area contributed by atoms with Crippen molar-refractivity contribution in [3.05, 3.63) is 87.4 Å². The van der Waals surface area contributed by atoms with Crippen LogP contribution >= 0.6 is 11.3 Å². The van der Waals surface area contributed by atoms with Crippen molar-refractivity contribution in [3.63, 3.8) is 0 Å². The van der Waals surface area contributed by atoms with Gasteiger partial charge >= 0.3 is 12.1 Å². The summed E-state index contributed by atoms with van der Waals surface area (Å²) in [7, 11) is 0. The Bertz CT molecular complexity index is 1120. The van der Waals surface area contributed by atoms with Gasteiger partial charge in [0.05, 0.1) is 17.7 Å². The number of rotatable bonds is 7. The second-order valence-corrected chi connectivity index (χ2v) is 7.83. The zero-order valence-corrected chi connectivity index (χ0v) is 17.8. The molecule has 0 fully saturated rings. The van der Waals surface area contributed by atoms with Crippen LogP contribution in [0.3, 0.4) is 0 Å². The smallest absolute Gasteiger partial charge is 0.416 e. The van der Waals surface area contributed by atoms with Gasteiger partial charge in [-0.3, -0.25) is 4.79 Å². The minimum Gasteiger partial charge on any atom is -0.456 e. The number of carbonyl (C=O) groups is 2. The van der Waals surface area contributed by atoms with Crippen molar-refractivity contribution in [3.8, 4) is 0 Å². The number of halogens is 3. The first-order chi connectivity index (χ1) is 15.2. The number of thiazole rings is 1. The molecule has 0 aliphatic heterocycles. The molecule has 3 rings (SSSR count). The molecule has 0 aliphatic rings. The number of hydrogen-bond donors (Lipinski definition) is 1. The second kappa shape index (κ2) is 10.2. The Balaban J connectivity index is 1.48. The second-order valence-electron chi connectivity index (χ2n) is 6.89. The fourth-order valence-corrected chi connectivity index (χ4v) is 3.43. The number of alkyl halides is 3. The van der Waals surface area contributed by atoms with Crippen LogP contribution in [0.5, 0.6) is 0 Å². The van der Waals surface area contributed by atoms with Gasteiger partial charge in [0, 0.05) is 17.1 Å². The van der Waals surface area contributed by atoms with Crippen LogP contribution in [0, 0.1) is 6.92 Å². The summed E-state index contributed by atoms with van der Waals surface area (Å²) in [6, 6.07) is 12.0. The van der Waals surface area contributed by atoms with E-state index in [2.05, 4.69) is 10.3 Å². The molecule has 2 aromatic carbocycles. The van der Waals surface area contributed by atoms with Crippen LogP contribution in [0.25, 0.3) is 6.08 Å². The predicted octanol–water partition coefficient (Wildman–Crippen LogP) is 5.41. The van der Waals surface area contributed by atoms with Gasteiger partial charge in [-0.25, -0.2) is 9.78 Å². The maximum Gasteiger partial charge on any atom is 0.416 e. The van der Waals surface area contributed by atoms with E-state index in [4.69, 9.17) is 4.74 Å². The van der Waals surface area contributed by atoms with Gasteiger partial charge in [-0.15, -0.1) is 11.3 Å². The molecule has 3 aromatic rings. The van der Waals surface area contributed by atoms with E-state index < -0.39 is 17.7 Å². The Morgan fingerprint density at radius 1 is 1.16 bits per heavy atom. The van der Waals surface area contributed by atoms with E-state index in [1.807, 2.05) is 31.2 Å². The highest BCUT2D eigenvalue weighted by Gasteiger charge is 2.30. The standard InChI is InChI=1S/C23H19F3N2O3S/c1-15-5-8-18(9-6-15)27-20(29)12-21-28-19(14-32-21)13-31-22(30)10-7-16-3-2-4-17(11-16)23(24,25)26/h2-11,14H,12-13H2,1H3,(H,27,29)/b10-7+. The Kier molecular flexibility index (Phi) is 7.42. The van der Waals surface area contributed by atoms with Gasteiger partial charge in [-0.1, -0.05) is 29.8 Å². The van der Waals surface area contributed by atoms with Crippen molar-refractivity contribution in [2.45, 2.75) is 26.1 Å². The molecule has 0 atom stereocenters. The fraction of sp³-hybridized carbons (Fsp3) is 0.174. The molecule has 0 unspecified atom stereocenters. The first kappa shape index (κ1) is 23.2.